The number of rotatable bonds is 1. The van der Waals surface area contributed by atoms with E-state index in [2.05, 4.69) is 33.7 Å². The number of thiophene rings is 1. The number of H-pyrrole nitrogens is 1. The molecule has 0 atom stereocenters. The van der Waals surface area contributed by atoms with Gasteiger partial charge in [-0.3, -0.25) is 4.90 Å². The van der Waals surface area contributed by atoms with Crippen molar-refractivity contribution in [1.29, 1.82) is 0 Å². The molecule has 0 aromatic carbocycles. The zero-order valence-corrected chi connectivity index (χ0v) is 15.8. The Kier molecular flexibility index (Phi) is 3.57. The molecule has 0 bridgehead atoms. The summed E-state index contributed by atoms with van der Waals surface area (Å²) in [7, 11) is 0. The Hall–Kier alpha value is -2.03. The average Bonchev–Trinajstić information content (AvgIpc) is 3.01. The largest absolute Gasteiger partial charge is 0.382 e. The van der Waals surface area contributed by atoms with Gasteiger partial charge in [-0.2, -0.15) is 0 Å². The van der Waals surface area contributed by atoms with Crippen molar-refractivity contribution >= 4 is 43.4 Å². The first kappa shape index (κ1) is 16.2. The molecule has 5 rings (SSSR count). The molecular formula is C18H22N5O2S+. The number of nitrogen functional groups attached to an aromatic ring is 1. The van der Waals surface area contributed by atoms with Gasteiger partial charge in [-0.25, -0.2) is 15.0 Å². The molecule has 136 valence electrons. The van der Waals surface area contributed by atoms with Gasteiger partial charge in [0.25, 0.3) is 5.82 Å². The van der Waals surface area contributed by atoms with Gasteiger partial charge in [0.05, 0.1) is 46.6 Å². The Bertz CT molecular complexity index is 1010. The zero-order valence-electron chi connectivity index (χ0n) is 15.0. The van der Waals surface area contributed by atoms with Crippen molar-refractivity contribution in [3.63, 3.8) is 0 Å². The van der Waals surface area contributed by atoms with E-state index in [4.69, 9.17) is 15.2 Å². The lowest BCUT2D eigenvalue weighted by Crippen LogP contribution is -2.42. The number of hydrogen-bond donors (Lipinski definition) is 1. The Balaban J connectivity index is 1.82. The van der Waals surface area contributed by atoms with Crippen molar-refractivity contribution in [1.82, 2.24) is 9.97 Å². The van der Waals surface area contributed by atoms with Crippen LogP contribution in [-0.4, -0.2) is 41.9 Å². The summed E-state index contributed by atoms with van der Waals surface area (Å²) < 4.78 is 12.6. The van der Waals surface area contributed by atoms with Gasteiger partial charge >= 0.3 is 0 Å². The number of hydrogen-bond acceptors (Lipinski definition) is 7. The first-order valence-corrected chi connectivity index (χ1v) is 9.71. The summed E-state index contributed by atoms with van der Waals surface area (Å²) in [6.07, 6.45) is 2.40. The van der Waals surface area contributed by atoms with E-state index in [0.29, 0.717) is 12.4 Å². The molecule has 1 saturated heterocycles. The number of nitrogens with one attached hydrogen (secondary N) is 1. The Morgan fingerprint density at radius 3 is 2.85 bits per heavy atom. The van der Waals surface area contributed by atoms with Gasteiger partial charge in [-0.1, -0.05) is 11.3 Å². The van der Waals surface area contributed by atoms with Crippen molar-refractivity contribution in [3.05, 3.63) is 17.5 Å². The fourth-order valence-corrected chi connectivity index (χ4v) is 5.01. The Labute approximate surface area is 155 Å². The fourth-order valence-electron chi connectivity index (χ4n) is 3.92. The molecule has 2 aliphatic rings. The highest BCUT2D eigenvalue weighted by molar-refractivity contribution is 7.25. The Morgan fingerprint density at radius 1 is 1.23 bits per heavy atom. The standard InChI is InChI=1S/C18H21N5O2S/c1-18(2)7-10-11(8-25-18)16(23-3-5-24-6-4-23)22-17-12(10)13-14(26-17)15(19)21-9-20-13/h9H,3-8H2,1-2H3,(H2,19,20,21)/p+1. The van der Waals surface area contributed by atoms with E-state index in [0.717, 1.165) is 53.6 Å². The van der Waals surface area contributed by atoms with Crippen molar-refractivity contribution in [2.24, 2.45) is 0 Å². The van der Waals surface area contributed by atoms with Crippen LogP contribution in [0.3, 0.4) is 0 Å². The van der Waals surface area contributed by atoms with Gasteiger partial charge in [-0.15, -0.1) is 0 Å². The molecular weight excluding hydrogens is 350 g/mol. The van der Waals surface area contributed by atoms with E-state index in [-0.39, 0.29) is 5.60 Å². The SMILES string of the molecule is CC1(C)Cc2c(c(N3CCOCC3)[nH+]c3sc4c(N)ncnc4c23)CO1. The van der Waals surface area contributed by atoms with Crippen LogP contribution in [0.5, 0.6) is 0 Å². The second kappa shape index (κ2) is 5.73. The highest BCUT2D eigenvalue weighted by atomic mass is 32.1. The second-order valence-corrected chi connectivity index (χ2v) is 8.52. The summed E-state index contributed by atoms with van der Waals surface area (Å²) in [5, 5.41) is 1.17. The molecule has 0 spiro atoms. The van der Waals surface area contributed by atoms with Gasteiger partial charge in [0, 0.05) is 6.42 Å². The summed E-state index contributed by atoms with van der Waals surface area (Å²) in [5.41, 5.74) is 9.42. The van der Waals surface area contributed by atoms with Crippen LogP contribution < -0.4 is 15.6 Å². The molecule has 0 radical (unpaired) electrons. The third kappa shape index (κ3) is 2.44. The van der Waals surface area contributed by atoms with E-state index in [9.17, 15) is 0 Å². The summed E-state index contributed by atoms with van der Waals surface area (Å²) in [4.78, 5) is 15.8. The number of aromatic amines is 1. The Morgan fingerprint density at radius 2 is 2.04 bits per heavy atom. The number of morpholine rings is 1. The molecule has 3 aromatic rings. The molecule has 5 heterocycles. The van der Waals surface area contributed by atoms with Crippen LogP contribution in [0.2, 0.25) is 0 Å². The minimum absolute atomic E-state index is 0.198. The molecule has 0 saturated carbocycles. The second-order valence-electron chi connectivity index (χ2n) is 7.50. The lowest BCUT2D eigenvalue weighted by atomic mass is 9.90. The summed E-state index contributed by atoms with van der Waals surface area (Å²) in [5.74, 6) is 1.68. The van der Waals surface area contributed by atoms with Gasteiger partial charge < -0.3 is 15.2 Å². The predicted molar refractivity (Wildman–Crippen MR) is 101 cm³/mol. The highest BCUT2D eigenvalue weighted by Crippen LogP contribution is 2.41. The minimum Gasteiger partial charge on any atom is -0.382 e. The van der Waals surface area contributed by atoms with Crippen LogP contribution >= 0.6 is 11.3 Å². The average molecular weight is 372 g/mol. The fraction of sp³-hybridized carbons (Fsp3) is 0.500. The number of nitrogens with two attached hydrogens (primary N) is 1. The lowest BCUT2D eigenvalue weighted by molar-refractivity contribution is -0.329. The number of anilines is 2. The van der Waals surface area contributed by atoms with E-state index in [1.807, 2.05) is 0 Å². The minimum atomic E-state index is -0.198. The lowest BCUT2D eigenvalue weighted by Gasteiger charge is -2.33. The van der Waals surface area contributed by atoms with Crippen molar-refractivity contribution in [2.75, 3.05) is 36.9 Å². The number of nitrogens with zero attached hydrogens (tertiary/aromatic N) is 3. The maximum atomic E-state index is 6.15. The molecule has 3 N–H and O–H groups in total. The molecule has 0 aliphatic carbocycles. The molecule has 0 amide bonds. The van der Waals surface area contributed by atoms with Gasteiger partial charge in [0.15, 0.2) is 4.83 Å². The van der Waals surface area contributed by atoms with Crippen LogP contribution in [0, 0.1) is 0 Å². The van der Waals surface area contributed by atoms with Gasteiger partial charge in [0.2, 0.25) is 0 Å². The predicted octanol–water partition coefficient (Wildman–Crippen LogP) is 1.93. The van der Waals surface area contributed by atoms with Crippen LogP contribution in [0.1, 0.15) is 25.0 Å². The number of fused-ring (bicyclic) bond motifs is 5. The number of pyridine rings is 1. The molecule has 0 unspecified atom stereocenters. The van der Waals surface area contributed by atoms with Crippen LogP contribution in [-0.2, 0) is 22.5 Å². The quantitative estimate of drug-likeness (QED) is 0.702. The van der Waals surface area contributed by atoms with Crippen LogP contribution in [0.4, 0.5) is 11.6 Å². The van der Waals surface area contributed by atoms with E-state index >= 15 is 0 Å². The normalized spacial score (nSPS) is 19.8. The molecule has 3 aromatic heterocycles. The third-order valence-corrected chi connectivity index (χ3v) is 6.34. The summed E-state index contributed by atoms with van der Waals surface area (Å²) >= 11 is 1.64. The molecule has 26 heavy (non-hydrogen) atoms. The first-order chi connectivity index (χ1) is 12.5. The van der Waals surface area contributed by atoms with E-state index in [1.165, 1.54) is 16.5 Å². The first-order valence-electron chi connectivity index (χ1n) is 8.90. The monoisotopic (exact) mass is 372 g/mol. The maximum Gasteiger partial charge on any atom is 0.281 e. The molecule has 1 fully saturated rings. The van der Waals surface area contributed by atoms with Crippen LogP contribution in [0.15, 0.2) is 6.33 Å². The molecule has 7 nitrogen and oxygen atoms in total. The van der Waals surface area contributed by atoms with Gasteiger partial charge in [-0.05, 0) is 19.4 Å². The van der Waals surface area contributed by atoms with E-state index < -0.39 is 0 Å². The highest BCUT2D eigenvalue weighted by Gasteiger charge is 2.36. The van der Waals surface area contributed by atoms with Gasteiger partial charge in [0.1, 0.15) is 25.2 Å². The van der Waals surface area contributed by atoms with Crippen molar-refractivity contribution in [3.8, 4) is 0 Å². The van der Waals surface area contributed by atoms with Crippen LogP contribution in [0.25, 0.3) is 20.4 Å². The zero-order chi connectivity index (χ0) is 17.9. The maximum absolute atomic E-state index is 6.15. The smallest absolute Gasteiger partial charge is 0.281 e. The topological polar surface area (TPSA) is 87.6 Å². The molecule has 8 heteroatoms. The number of ether oxygens (including phenoxy) is 2. The third-order valence-electron chi connectivity index (χ3n) is 5.22. The van der Waals surface area contributed by atoms with Crippen molar-refractivity contribution < 1.29 is 14.5 Å². The van der Waals surface area contributed by atoms with Crippen molar-refractivity contribution in [2.45, 2.75) is 32.5 Å². The molecule has 2 aliphatic heterocycles. The summed E-state index contributed by atoms with van der Waals surface area (Å²) in [6, 6.07) is 0. The number of aromatic nitrogens is 3. The summed E-state index contributed by atoms with van der Waals surface area (Å²) in [6.45, 7) is 8.14. The van der Waals surface area contributed by atoms with E-state index in [1.54, 1.807) is 17.7 Å².